The fraction of sp³-hybridized carbons (Fsp3) is 0.190. The summed E-state index contributed by atoms with van der Waals surface area (Å²) in [5, 5.41) is 6.40. The molecule has 0 aliphatic rings. The van der Waals surface area contributed by atoms with E-state index >= 15 is 0 Å². The van der Waals surface area contributed by atoms with Gasteiger partial charge < -0.3 is 20.1 Å². The van der Waals surface area contributed by atoms with Crippen molar-refractivity contribution >= 4 is 29.1 Å². The van der Waals surface area contributed by atoms with Crippen molar-refractivity contribution in [2.75, 3.05) is 24.4 Å². The quantitative estimate of drug-likeness (QED) is 0.587. The lowest BCUT2D eigenvalue weighted by Crippen LogP contribution is -2.05. The number of carbonyl (C=O) groups is 1. The molecule has 0 saturated heterocycles. The molecule has 0 bridgehead atoms. The summed E-state index contributed by atoms with van der Waals surface area (Å²) in [5.41, 5.74) is 2.75. The minimum absolute atomic E-state index is 0.399. The molecule has 144 valence electrons. The van der Waals surface area contributed by atoms with E-state index in [0.29, 0.717) is 29.6 Å². The Morgan fingerprint density at radius 2 is 1.86 bits per heavy atom. The Bertz CT molecular complexity index is 975. The maximum atomic E-state index is 11.7. The highest BCUT2D eigenvalue weighted by Crippen LogP contribution is 2.27. The van der Waals surface area contributed by atoms with Gasteiger partial charge >= 0.3 is 5.97 Å². The van der Waals surface area contributed by atoms with Crippen LogP contribution in [0.4, 0.5) is 23.1 Å². The number of nitrogens with one attached hydrogen (secondary N) is 2. The van der Waals surface area contributed by atoms with E-state index < -0.39 is 5.97 Å². The molecule has 28 heavy (non-hydrogen) atoms. The first kappa shape index (κ1) is 19.2. The van der Waals surface area contributed by atoms with Gasteiger partial charge in [0.15, 0.2) is 0 Å². The summed E-state index contributed by atoms with van der Waals surface area (Å²) in [4.78, 5) is 20.6. The molecular formula is C21H22N4O3. The number of aryl methyl sites for hydroxylation is 1. The molecule has 0 atom stereocenters. The van der Waals surface area contributed by atoms with Crippen LogP contribution in [0.5, 0.6) is 5.75 Å². The Morgan fingerprint density at radius 3 is 2.64 bits per heavy atom. The molecule has 7 heteroatoms. The van der Waals surface area contributed by atoms with Crippen LogP contribution in [0, 0.1) is 6.92 Å². The van der Waals surface area contributed by atoms with Gasteiger partial charge in [-0.3, -0.25) is 0 Å². The minimum Gasteiger partial charge on any atom is -0.492 e. The summed E-state index contributed by atoms with van der Waals surface area (Å²) in [6, 6.07) is 16.5. The van der Waals surface area contributed by atoms with E-state index in [4.69, 9.17) is 9.47 Å². The Hall–Kier alpha value is -3.61. The van der Waals surface area contributed by atoms with Gasteiger partial charge in [0.2, 0.25) is 5.95 Å². The maximum Gasteiger partial charge on any atom is 0.337 e. The van der Waals surface area contributed by atoms with Gasteiger partial charge in [0.1, 0.15) is 11.6 Å². The van der Waals surface area contributed by atoms with E-state index in [1.165, 1.54) is 7.11 Å². The van der Waals surface area contributed by atoms with Crippen LogP contribution >= 0.6 is 0 Å². The SMILES string of the molecule is CCOc1ccccc1Nc1cc(C)nc(Nc2cccc(C(=O)OC)c2)n1. The van der Waals surface area contributed by atoms with Crippen molar-refractivity contribution in [2.24, 2.45) is 0 Å². The zero-order valence-electron chi connectivity index (χ0n) is 16.0. The van der Waals surface area contributed by atoms with Gasteiger partial charge in [-0.25, -0.2) is 9.78 Å². The summed E-state index contributed by atoms with van der Waals surface area (Å²) in [7, 11) is 1.35. The third kappa shape index (κ3) is 4.76. The second kappa shape index (κ2) is 8.85. The van der Waals surface area contributed by atoms with Crippen molar-refractivity contribution in [1.29, 1.82) is 0 Å². The molecule has 3 aromatic rings. The van der Waals surface area contributed by atoms with Crippen LogP contribution in [-0.2, 0) is 4.74 Å². The maximum absolute atomic E-state index is 11.7. The Morgan fingerprint density at radius 1 is 1.04 bits per heavy atom. The van der Waals surface area contributed by atoms with Crippen LogP contribution in [0.25, 0.3) is 0 Å². The number of ether oxygens (including phenoxy) is 2. The Labute approximate surface area is 163 Å². The molecule has 0 saturated carbocycles. The number of esters is 1. The highest BCUT2D eigenvalue weighted by Gasteiger charge is 2.09. The normalized spacial score (nSPS) is 10.2. The third-order valence-electron chi connectivity index (χ3n) is 3.84. The van der Waals surface area contributed by atoms with Gasteiger partial charge in [-0.15, -0.1) is 0 Å². The van der Waals surface area contributed by atoms with Crippen LogP contribution in [0.3, 0.4) is 0 Å². The predicted octanol–water partition coefficient (Wildman–Crippen LogP) is 4.46. The van der Waals surface area contributed by atoms with Crippen molar-refractivity contribution in [3.8, 4) is 5.75 Å². The number of rotatable bonds is 7. The van der Waals surface area contributed by atoms with Gasteiger partial charge in [-0.2, -0.15) is 4.98 Å². The zero-order valence-corrected chi connectivity index (χ0v) is 16.0. The molecule has 0 radical (unpaired) electrons. The molecule has 7 nitrogen and oxygen atoms in total. The van der Waals surface area contributed by atoms with Crippen molar-refractivity contribution < 1.29 is 14.3 Å². The van der Waals surface area contributed by atoms with Crippen LogP contribution in [0.15, 0.2) is 54.6 Å². The standard InChI is InChI=1S/C21H22N4O3/c1-4-28-18-11-6-5-10-17(18)24-19-12-14(2)22-21(25-19)23-16-9-7-8-15(13-16)20(26)27-3/h5-13H,4H2,1-3H3,(H2,22,23,24,25). The molecule has 0 fully saturated rings. The monoisotopic (exact) mass is 378 g/mol. The molecule has 0 unspecified atom stereocenters. The largest absolute Gasteiger partial charge is 0.492 e. The summed E-state index contributed by atoms with van der Waals surface area (Å²) >= 11 is 0. The van der Waals surface area contributed by atoms with E-state index in [-0.39, 0.29) is 0 Å². The van der Waals surface area contributed by atoms with E-state index in [1.807, 2.05) is 50.2 Å². The van der Waals surface area contributed by atoms with Crippen LogP contribution in [-0.4, -0.2) is 29.7 Å². The lowest BCUT2D eigenvalue weighted by Gasteiger charge is -2.13. The number of hydrogen-bond donors (Lipinski definition) is 2. The minimum atomic E-state index is -0.399. The van der Waals surface area contributed by atoms with Crippen molar-refractivity contribution in [3.63, 3.8) is 0 Å². The Balaban J connectivity index is 1.84. The first-order chi connectivity index (χ1) is 13.6. The first-order valence-electron chi connectivity index (χ1n) is 8.89. The number of methoxy groups -OCH3 is 1. The van der Waals surface area contributed by atoms with Crippen LogP contribution in [0.1, 0.15) is 23.0 Å². The molecule has 1 heterocycles. The average molecular weight is 378 g/mol. The molecule has 0 aliphatic heterocycles. The molecule has 2 aromatic carbocycles. The molecule has 3 rings (SSSR count). The number of hydrogen-bond acceptors (Lipinski definition) is 7. The number of aromatic nitrogens is 2. The molecular weight excluding hydrogens is 356 g/mol. The van der Waals surface area contributed by atoms with E-state index in [0.717, 1.165) is 17.1 Å². The fourth-order valence-corrected chi connectivity index (χ4v) is 2.65. The molecule has 0 aliphatic carbocycles. The highest BCUT2D eigenvalue weighted by atomic mass is 16.5. The zero-order chi connectivity index (χ0) is 19.9. The second-order valence-electron chi connectivity index (χ2n) is 5.97. The van der Waals surface area contributed by atoms with Gasteiger partial charge in [0, 0.05) is 17.4 Å². The van der Waals surface area contributed by atoms with Crippen molar-refractivity contribution in [2.45, 2.75) is 13.8 Å². The Kier molecular flexibility index (Phi) is 6.06. The molecule has 0 spiro atoms. The summed E-state index contributed by atoms with van der Waals surface area (Å²) in [6.07, 6.45) is 0. The van der Waals surface area contributed by atoms with Crippen molar-refractivity contribution in [1.82, 2.24) is 9.97 Å². The van der Waals surface area contributed by atoms with Gasteiger partial charge in [-0.1, -0.05) is 18.2 Å². The smallest absolute Gasteiger partial charge is 0.337 e. The predicted molar refractivity (Wildman–Crippen MR) is 109 cm³/mol. The van der Waals surface area contributed by atoms with Gasteiger partial charge in [0.25, 0.3) is 0 Å². The van der Waals surface area contributed by atoms with Crippen LogP contribution in [0.2, 0.25) is 0 Å². The lowest BCUT2D eigenvalue weighted by atomic mass is 10.2. The molecule has 0 amide bonds. The van der Waals surface area contributed by atoms with E-state index in [1.54, 1.807) is 18.2 Å². The average Bonchev–Trinajstić information content (AvgIpc) is 2.69. The summed E-state index contributed by atoms with van der Waals surface area (Å²) in [5.74, 6) is 1.40. The van der Waals surface area contributed by atoms with Gasteiger partial charge in [0.05, 0.1) is 25.0 Å². The number of benzene rings is 2. The third-order valence-corrected chi connectivity index (χ3v) is 3.84. The molecule has 1 aromatic heterocycles. The van der Waals surface area contributed by atoms with Gasteiger partial charge in [-0.05, 0) is 44.2 Å². The summed E-state index contributed by atoms with van der Waals surface area (Å²) < 4.78 is 10.4. The highest BCUT2D eigenvalue weighted by molar-refractivity contribution is 5.90. The van der Waals surface area contributed by atoms with Crippen molar-refractivity contribution in [3.05, 3.63) is 65.9 Å². The summed E-state index contributed by atoms with van der Waals surface area (Å²) in [6.45, 7) is 4.40. The first-order valence-corrected chi connectivity index (χ1v) is 8.89. The number of nitrogens with zero attached hydrogens (tertiary/aromatic N) is 2. The van der Waals surface area contributed by atoms with E-state index in [2.05, 4.69) is 20.6 Å². The second-order valence-corrected chi connectivity index (χ2v) is 5.97. The van der Waals surface area contributed by atoms with E-state index in [9.17, 15) is 4.79 Å². The number of carbonyl (C=O) groups excluding carboxylic acids is 1. The number of para-hydroxylation sites is 2. The molecule has 2 N–H and O–H groups in total. The topological polar surface area (TPSA) is 85.4 Å². The fourth-order valence-electron chi connectivity index (χ4n) is 2.65. The number of anilines is 4. The lowest BCUT2D eigenvalue weighted by molar-refractivity contribution is 0.0601. The van der Waals surface area contributed by atoms with Crippen LogP contribution < -0.4 is 15.4 Å².